The number of rotatable bonds is 40. The van der Waals surface area contributed by atoms with Crippen LogP contribution in [0.1, 0.15) is 159 Å². The van der Waals surface area contributed by atoms with Gasteiger partial charge in [-0.2, -0.15) is 0 Å². The molecule has 1 N–H and O–H groups in total. The molecule has 14 rings (SSSR count). The molecule has 0 spiro atoms. The third-order valence-corrected chi connectivity index (χ3v) is 38.9. The Kier molecular flexibility index (Phi) is 36.8. The van der Waals surface area contributed by atoms with Crippen LogP contribution in [0.25, 0.3) is 20.9 Å². The van der Waals surface area contributed by atoms with Crippen molar-refractivity contribution in [2.24, 2.45) is 51.7 Å². The predicted octanol–water partition coefficient (Wildman–Crippen LogP) is 18.4. The zero-order chi connectivity index (χ0) is 97.1. The number of hydrogen-bond acceptors (Lipinski definition) is 22. The molecular formula is C109H144N6O20Si2. The van der Waals surface area contributed by atoms with Crippen LogP contribution in [0.3, 0.4) is 0 Å². The number of esters is 1. The molecule has 0 aromatic heterocycles. The quantitative estimate of drug-likeness (QED) is 0.00931. The van der Waals surface area contributed by atoms with Crippen LogP contribution in [-0.2, 0) is 116 Å². The standard InChI is InChI=1S/C109H144N6O20Si2/c1-69-70(2)102(118-62-44-26-35-47-80-45-27-18-28-46-80)128-89(67-123-136(108(12,13)14,84-54-36-22-37-55-84)85-56-38-23-39-57-85)94(69)131-104-74(6)98(121-64-82-50-31-20-32-51-82)101(77(9)126-104)135-107-92(113-115-111)72(4)96(90(130-107)68-124-137(109(15,16)17,86-58-40-24-41-59-86)87-60-42-25-43-61-87)133-105-75(7)99(122-65-83-52-33-21-34-53-83)100(78(10)127-105)134-106-91(112-114-110)71(3)95(88(129-106)66-119-79(11)116)132-103-73(5)97(93(117)76(8)125-103)120-63-81-48-29-19-30-49-81/h18-25,27-34,36-43,45-46,48-61,69-78,88-107,117H,26,35,44,47,62-68H2,1-17H3/t69-,70?,71-,72-,73?,74?,75?,76?,77?,78?,88?,89?,90?,91?,92?,93-,94+,95+,96+,97+,98+,99+,100-,101-,102-,103+,104+,105+,106-,107-/m1/s1. The molecule has 0 radical (unpaired) electrons. The first-order valence-corrected chi connectivity index (χ1v) is 53.1. The van der Waals surface area contributed by atoms with Crippen LogP contribution in [-0.4, -0.2) is 196 Å². The van der Waals surface area contributed by atoms with Crippen molar-refractivity contribution in [1.29, 1.82) is 0 Å². The monoisotopic (exact) mass is 1910 g/mol. The second kappa shape index (κ2) is 48.4. The largest absolute Gasteiger partial charge is 0.463 e. The molecule has 0 aliphatic carbocycles. The maximum atomic E-state index is 12.9. The first-order valence-electron chi connectivity index (χ1n) is 49.2. The third-order valence-electron chi connectivity index (χ3n) is 28.9. The number of ether oxygens (including phenoxy) is 16. The second-order valence-electron chi connectivity index (χ2n) is 40.4. The summed E-state index contributed by atoms with van der Waals surface area (Å²) >= 11 is 0. The fourth-order valence-electron chi connectivity index (χ4n) is 21.0. The summed E-state index contributed by atoms with van der Waals surface area (Å²) in [7, 11) is -6.57. The Labute approximate surface area is 811 Å². The summed E-state index contributed by atoms with van der Waals surface area (Å²) in [6, 6.07) is 80.1. The van der Waals surface area contributed by atoms with Crippen molar-refractivity contribution in [2.75, 3.05) is 26.4 Å². The number of unbranched alkanes of at least 4 members (excludes halogenated alkanes) is 2. The minimum Gasteiger partial charge on any atom is -0.463 e. The van der Waals surface area contributed by atoms with Gasteiger partial charge in [-0.05, 0) is 122 Å². The van der Waals surface area contributed by atoms with Crippen molar-refractivity contribution in [3.63, 3.8) is 0 Å². The van der Waals surface area contributed by atoms with Gasteiger partial charge in [-0.15, -0.1) is 0 Å². The van der Waals surface area contributed by atoms with Crippen LogP contribution in [0.4, 0.5) is 0 Å². The summed E-state index contributed by atoms with van der Waals surface area (Å²) in [6.45, 7) is 35.5. The Balaban J connectivity index is 0.775. The van der Waals surface area contributed by atoms with E-state index in [9.17, 15) is 21.0 Å². The number of aryl methyl sites for hydroxylation is 1. The van der Waals surface area contributed by atoms with Crippen LogP contribution in [0, 0.1) is 41.4 Å². The van der Waals surface area contributed by atoms with E-state index in [4.69, 9.17) is 84.6 Å². The van der Waals surface area contributed by atoms with Gasteiger partial charge in [0.1, 0.15) is 43.2 Å². The molecule has 738 valence electrons. The predicted molar refractivity (Wildman–Crippen MR) is 528 cm³/mol. The van der Waals surface area contributed by atoms with Gasteiger partial charge < -0.3 is 89.7 Å². The number of aliphatic hydroxyl groups excluding tert-OH is 1. The first kappa shape index (κ1) is 104. The van der Waals surface area contributed by atoms with Crippen LogP contribution >= 0.6 is 0 Å². The van der Waals surface area contributed by atoms with E-state index < -0.39 is 199 Å². The van der Waals surface area contributed by atoms with E-state index in [1.165, 1.54) is 12.5 Å². The van der Waals surface area contributed by atoms with E-state index in [1.807, 2.05) is 169 Å². The molecule has 28 heteroatoms. The number of benzene rings is 8. The molecule has 0 amide bonds. The van der Waals surface area contributed by atoms with Crippen molar-refractivity contribution in [3.05, 3.63) is 286 Å². The highest BCUT2D eigenvalue weighted by atomic mass is 28.4. The van der Waals surface area contributed by atoms with Gasteiger partial charge in [0.05, 0.1) is 100 Å². The number of azide groups is 2. The molecule has 6 saturated heterocycles. The van der Waals surface area contributed by atoms with Gasteiger partial charge in [0, 0.05) is 47.0 Å². The van der Waals surface area contributed by atoms with E-state index in [1.54, 1.807) is 6.92 Å². The Morgan fingerprint density at radius 2 is 0.657 bits per heavy atom. The zero-order valence-electron chi connectivity index (χ0n) is 82.6. The molecule has 6 aliphatic rings. The average Bonchev–Trinajstić information content (AvgIpc) is 0.741. The summed E-state index contributed by atoms with van der Waals surface area (Å²) in [6.07, 6.45) is -14.8. The lowest BCUT2D eigenvalue weighted by molar-refractivity contribution is -0.371. The molecule has 6 fully saturated rings. The van der Waals surface area contributed by atoms with E-state index in [-0.39, 0.29) is 56.5 Å². The number of carbonyl (C=O) groups excluding carboxylic acids is 1. The van der Waals surface area contributed by atoms with E-state index >= 15 is 0 Å². The second-order valence-corrected chi connectivity index (χ2v) is 49.0. The lowest BCUT2D eigenvalue weighted by atomic mass is 9.84. The SMILES string of the molecule is CC(=O)OCC1O[C@H](O[C@@H]2C(C)O[C@@H](O[C@@H]3C(CO[Si](c4ccccc4)(c4ccccc4)C(C)(C)C)O[C@H](O[C@@H]4C(C)O[C@@H](O[C@@H]5C(CO[Si](c6ccccc6)(c6ccccc6)C(C)(C)C)O[C@@H](OCCCCCc6ccccc6)C(C)[C@H]5C)C(C)[C@@H]4OCc4ccccc4)C(N=[N+]=[N-])[C@H]3C)C(C)[C@@H]2OCc2ccccc2)C(N=[N+]=[N-])[C@@H](C)[C@@H]1O[C@@H]1OC(C)[C@@H](O)[C@@H](OCc2ccccc2)C1C. The molecule has 12 unspecified atom stereocenters. The van der Waals surface area contributed by atoms with Crippen molar-refractivity contribution < 1.29 is 94.5 Å². The van der Waals surface area contributed by atoms with Gasteiger partial charge in [0.15, 0.2) is 37.7 Å². The van der Waals surface area contributed by atoms with Gasteiger partial charge in [0.2, 0.25) is 0 Å². The molecule has 0 bridgehead atoms. The van der Waals surface area contributed by atoms with Gasteiger partial charge >= 0.3 is 5.97 Å². The maximum Gasteiger partial charge on any atom is 0.302 e. The Morgan fingerprint density at radius 3 is 1.01 bits per heavy atom. The van der Waals surface area contributed by atoms with E-state index in [2.05, 4.69) is 198 Å². The lowest BCUT2D eigenvalue weighted by Gasteiger charge is -2.52. The summed E-state index contributed by atoms with van der Waals surface area (Å²) in [5.41, 5.74) is 25.7. The summed E-state index contributed by atoms with van der Waals surface area (Å²) in [5.74, 6) is -3.98. The fourth-order valence-corrected chi connectivity index (χ4v) is 30.2. The number of carbonyl (C=O) groups is 1. The zero-order valence-corrected chi connectivity index (χ0v) is 84.6. The number of nitrogens with zero attached hydrogens (tertiary/aromatic N) is 6. The first-order chi connectivity index (χ1) is 66.0. The van der Waals surface area contributed by atoms with Gasteiger partial charge in [0.25, 0.3) is 16.6 Å². The molecule has 8 aromatic carbocycles. The summed E-state index contributed by atoms with van der Waals surface area (Å²) in [4.78, 5) is 19.8. The molecule has 6 heterocycles. The Hall–Kier alpha value is -8.44. The average molecular weight is 1910 g/mol. The van der Waals surface area contributed by atoms with E-state index in [0.717, 1.165) is 63.1 Å². The van der Waals surface area contributed by atoms with Crippen LogP contribution < -0.4 is 20.7 Å². The summed E-state index contributed by atoms with van der Waals surface area (Å²) < 4.78 is 130. The van der Waals surface area contributed by atoms with Gasteiger partial charge in [-0.1, -0.05) is 349 Å². The van der Waals surface area contributed by atoms with E-state index in [0.29, 0.717) is 6.61 Å². The maximum absolute atomic E-state index is 12.9. The van der Waals surface area contributed by atoms with Crippen molar-refractivity contribution in [1.82, 2.24) is 0 Å². The smallest absolute Gasteiger partial charge is 0.302 e. The van der Waals surface area contributed by atoms with Crippen molar-refractivity contribution >= 4 is 43.4 Å². The van der Waals surface area contributed by atoms with Crippen LogP contribution in [0.2, 0.25) is 10.1 Å². The minimum absolute atomic E-state index is 0.0489. The van der Waals surface area contributed by atoms with Crippen molar-refractivity contribution in [2.45, 2.75) is 315 Å². The Bertz CT molecular complexity index is 5000. The lowest BCUT2D eigenvalue weighted by Crippen LogP contribution is -2.68. The molecule has 30 atom stereocenters. The molecular weight excluding hydrogens is 1770 g/mol. The molecule has 0 saturated carbocycles. The topological polar surface area (TPSA) is 301 Å². The molecule has 6 aliphatic heterocycles. The molecule has 137 heavy (non-hydrogen) atoms. The van der Waals surface area contributed by atoms with Crippen molar-refractivity contribution in [3.8, 4) is 0 Å². The van der Waals surface area contributed by atoms with Gasteiger partial charge in [-0.3, -0.25) is 4.79 Å². The summed E-state index contributed by atoms with van der Waals surface area (Å²) in [5, 5.41) is 24.1. The number of hydrogen-bond donors (Lipinski definition) is 1. The third kappa shape index (κ3) is 24.8. The Morgan fingerprint density at radius 1 is 0.343 bits per heavy atom. The van der Waals surface area contributed by atoms with Gasteiger partial charge in [-0.25, -0.2) is 0 Å². The highest BCUT2D eigenvalue weighted by Crippen LogP contribution is 2.47. The highest BCUT2D eigenvalue weighted by molar-refractivity contribution is 7.00. The normalized spacial score (nSPS) is 32.2. The molecule has 8 aromatic rings. The molecule has 26 nitrogen and oxygen atoms in total. The fraction of sp³-hybridized carbons (Fsp3) is 0.550. The minimum atomic E-state index is -3.41. The van der Waals surface area contributed by atoms with Crippen LogP contribution in [0.15, 0.2) is 253 Å². The highest BCUT2D eigenvalue weighted by Gasteiger charge is 2.60. The number of aliphatic hydroxyl groups is 1. The van der Waals surface area contributed by atoms with Crippen LogP contribution in [0.5, 0.6) is 0 Å².